The lowest BCUT2D eigenvalue weighted by molar-refractivity contribution is -0.146. The highest BCUT2D eigenvalue weighted by atomic mass is 28.1. The molecule has 1 fully saturated rings. The minimum absolute atomic E-state index is 0.0424. The molecule has 0 amide bonds. The minimum atomic E-state index is -0.0892. The summed E-state index contributed by atoms with van der Waals surface area (Å²) in [6.07, 6.45) is 11.1. The van der Waals surface area contributed by atoms with E-state index < -0.39 is 0 Å². The summed E-state index contributed by atoms with van der Waals surface area (Å²) in [4.78, 5) is 17.0. The average Bonchev–Trinajstić information content (AvgIpc) is 2.62. The maximum Gasteiger partial charge on any atom is 0.309 e. The van der Waals surface area contributed by atoms with Gasteiger partial charge in [-0.05, 0) is 26.8 Å². The Bertz CT molecular complexity index is 403. The maximum absolute atomic E-state index is 11.8. The molecule has 0 N–H and O–H groups in total. The quantitative estimate of drug-likeness (QED) is 0.294. The summed E-state index contributed by atoms with van der Waals surface area (Å²) in [5.41, 5.74) is 0. The lowest BCUT2D eigenvalue weighted by Crippen LogP contribution is -2.66. The molecule has 0 saturated carbocycles. The fourth-order valence-corrected chi connectivity index (χ4v) is 4.97. The summed E-state index contributed by atoms with van der Waals surface area (Å²) in [5.74, 6) is -0.132. The Hall–Kier alpha value is -0.393. The number of nitrogens with zero attached hydrogens (tertiary/aromatic N) is 2. The Labute approximate surface area is 165 Å². The van der Waals surface area contributed by atoms with Gasteiger partial charge in [0.1, 0.15) is 0 Å². The van der Waals surface area contributed by atoms with Crippen molar-refractivity contribution in [3.8, 4) is 0 Å². The van der Waals surface area contributed by atoms with Crippen molar-refractivity contribution in [2.75, 3.05) is 33.3 Å². The van der Waals surface area contributed by atoms with Gasteiger partial charge in [0, 0.05) is 41.1 Å². The Balaban J connectivity index is 2.34. The average molecular weight is 385 g/mol. The number of rotatable bonds is 12. The third kappa shape index (κ3) is 7.32. The van der Waals surface area contributed by atoms with Gasteiger partial charge >= 0.3 is 5.97 Å². The lowest BCUT2D eigenvalue weighted by Gasteiger charge is -2.53. The summed E-state index contributed by atoms with van der Waals surface area (Å²) in [6.45, 7) is 13.3. The molecule has 0 aromatic rings. The SMILES string of the molecule is CCCCCCCCCCN1CCN(CC(C)C(=O)OC)C(C)C1(C)[SiH3]. The van der Waals surface area contributed by atoms with Crippen molar-refractivity contribution in [1.82, 2.24) is 9.80 Å². The highest BCUT2D eigenvalue weighted by Crippen LogP contribution is 2.26. The molecular weight excluding hydrogens is 340 g/mol. The summed E-state index contributed by atoms with van der Waals surface area (Å²) in [6, 6.07) is 0.504. The van der Waals surface area contributed by atoms with Crippen LogP contribution in [-0.2, 0) is 9.53 Å². The van der Waals surface area contributed by atoms with Gasteiger partial charge < -0.3 is 4.74 Å². The second-order valence-corrected chi connectivity index (χ2v) is 10.7. The van der Waals surface area contributed by atoms with E-state index >= 15 is 0 Å². The second kappa shape index (κ2) is 12.1. The zero-order chi connectivity index (χ0) is 19.6. The first-order valence-electron chi connectivity index (χ1n) is 10.9. The molecule has 26 heavy (non-hydrogen) atoms. The number of unbranched alkanes of at least 4 members (excludes halogenated alkanes) is 7. The molecule has 4 nitrogen and oxygen atoms in total. The van der Waals surface area contributed by atoms with Crippen LogP contribution >= 0.6 is 0 Å². The summed E-state index contributed by atoms with van der Waals surface area (Å²) >= 11 is 0. The molecule has 1 rings (SSSR count). The molecule has 0 aliphatic carbocycles. The highest BCUT2D eigenvalue weighted by molar-refractivity contribution is 6.15. The second-order valence-electron chi connectivity index (χ2n) is 8.71. The Morgan fingerprint density at radius 2 is 1.73 bits per heavy atom. The van der Waals surface area contributed by atoms with E-state index in [-0.39, 0.29) is 17.0 Å². The van der Waals surface area contributed by atoms with Crippen LogP contribution in [0.2, 0.25) is 0 Å². The number of esters is 1. The van der Waals surface area contributed by atoms with Crippen LogP contribution in [0.25, 0.3) is 0 Å². The van der Waals surface area contributed by atoms with Gasteiger partial charge in [-0.2, -0.15) is 0 Å². The molecule has 3 atom stereocenters. The lowest BCUT2D eigenvalue weighted by atomic mass is 10.0. The third-order valence-corrected chi connectivity index (χ3v) is 7.90. The zero-order valence-electron chi connectivity index (χ0n) is 18.4. The van der Waals surface area contributed by atoms with E-state index in [9.17, 15) is 4.79 Å². The first-order valence-corrected chi connectivity index (χ1v) is 11.9. The standard InChI is InChI=1S/C21H44N2O2Si/c1-6-7-8-9-10-11-12-13-14-23-16-15-22(19(3)21(23,4)26)17-18(2)20(24)25-5/h18-19H,6-17H2,1-5,26H3. The smallest absolute Gasteiger partial charge is 0.309 e. The number of ether oxygens (including phenoxy) is 1. The molecule has 0 radical (unpaired) electrons. The minimum Gasteiger partial charge on any atom is -0.469 e. The molecule has 1 aliphatic heterocycles. The Morgan fingerprint density at radius 3 is 2.31 bits per heavy atom. The van der Waals surface area contributed by atoms with Crippen molar-refractivity contribution in [2.24, 2.45) is 5.92 Å². The van der Waals surface area contributed by atoms with E-state index in [4.69, 9.17) is 4.74 Å². The van der Waals surface area contributed by atoms with Crippen LogP contribution in [0, 0.1) is 5.92 Å². The molecule has 5 heteroatoms. The molecule has 1 aliphatic rings. The van der Waals surface area contributed by atoms with Crippen molar-refractivity contribution in [1.29, 1.82) is 0 Å². The van der Waals surface area contributed by atoms with Crippen LogP contribution in [0.4, 0.5) is 0 Å². The van der Waals surface area contributed by atoms with Crippen molar-refractivity contribution >= 4 is 16.2 Å². The van der Waals surface area contributed by atoms with Crippen molar-refractivity contribution in [3.05, 3.63) is 0 Å². The van der Waals surface area contributed by atoms with Crippen molar-refractivity contribution < 1.29 is 9.53 Å². The number of piperazine rings is 1. The maximum atomic E-state index is 11.8. The molecule has 0 bridgehead atoms. The van der Waals surface area contributed by atoms with Crippen molar-refractivity contribution in [2.45, 2.75) is 90.3 Å². The molecule has 154 valence electrons. The first-order chi connectivity index (χ1) is 12.3. The molecule has 1 saturated heterocycles. The van der Waals surface area contributed by atoms with Crippen molar-refractivity contribution in [3.63, 3.8) is 0 Å². The van der Waals surface area contributed by atoms with E-state index in [1.165, 1.54) is 65.0 Å². The molecule has 0 aromatic heterocycles. The number of carbonyl (C=O) groups is 1. The third-order valence-electron chi connectivity index (χ3n) is 6.44. The predicted molar refractivity (Wildman–Crippen MR) is 115 cm³/mol. The molecule has 0 spiro atoms. The number of methoxy groups -OCH3 is 1. The molecule has 0 aromatic carbocycles. The van der Waals surface area contributed by atoms with Gasteiger partial charge in [-0.3, -0.25) is 14.6 Å². The highest BCUT2D eigenvalue weighted by Gasteiger charge is 2.40. The molecular formula is C21H44N2O2Si. The normalized spacial score (nSPS) is 26.1. The van der Waals surface area contributed by atoms with Crippen LogP contribution in [-0.4, -0.2) is 70.5 Å². The number of hydrogen-bond acceptors (Lipinski definition) is 4. The number of carbonyl (C=O) groups excluding carboxylic acids is 1. The van der Waals surface area contributed by atoms with Crippen LogP contribution in [0.5, 0.6) is 0 Å². The molecule has 3 unspecified atom stereocenters. The van der Waals surface area contributed by atoms with Gasteiger partial charge in [0.2, 0.25) is 0 Å². The van der Waals surface area contributed by atoms with Gasteiger partial charge in [-0.25, -0.2) is 0 Å². The van der Waals surface area contributed by atoms with E-state index in [0.29, 0.717) is 6.04 Å². The first kappa shape index (κ1) is 23.6. The fourth-order valence-electron chi connectivity index (χ4n) is 4.16. The van der Waals surface area contributed by atoms with Crippen LogP contribution in [0.3, 0.4) is 0 Å². The number of hydrogen-bond donors (Lipinski definition) is 0. The topological polar surface area (TPSA) is 32.8 Å². The van der Waals surface area contributed by atoms with Gasteiger partial charge in [0.25, 0.3) is 0 Å². The van der Waals surface area contributed by atoms with E-state index in [1.54, 1.807) is 0 Å². The van der Waals surface area contributed by atoms with Gasteiger partial charge in [-0.1, -0.05) is 58.8 Å². The largest absolute Gasteiger partial charge is 0.469 e. The zero-order valence-corrected chi connectivity index (χ0v) is 20.4. The van der Waals surface area contributed by atoms with E-state index in [2.05, 4.69) is 30.6 Å². The Kier molecular flexibility index (Phi) is 11.0. The van der Waals surface area contributed by atoms with Gasteiger partial charge in [0.15, 0.2) is 0 Å². The van der Waals surface area contributed by atoms with Gasteiger partial charge in [-0.15, -0.1) is 0 Å². The monoisotopic (exact) mass is 384 g/mol. The van der Waals surface area contributed by atoms with Gasteiger partial charge in [0.05, 0.1) is 13.0 Å². The molecule has 1 heterocycles. The Morgan fingerprint density at radius 1 is 1.15 bits per heavy atom. The summed E-state index contributed by atoms with van der Waals surface area (Å²) in [5, 5.41) is 0.287. The van der Waals surface area contributed by atoms with E-state index in [1.807, 2.05) is 6.92 Å². The van der Waals surface area contributed by atoms with E-state index in [0.717, 1.165) is 29.9 Å². The summed E-state index contributed by atoms with van der Waals surface area (Å²) < 4.78 is 4.90. The van der Waals surface area contributed by atoms with Crippen LogP contribution in [0.1, 0.15) is 79.1 Å². The van der Waals surface area contributed by atoms with Crippen LogP contribution in [0.15, 0.2) is 0 Å². The summed E-state index contributed by atoms with van der Waals surface area (Å²) in [7, 11) is 2.64. The predicted octanol–water partition coefficient (Wildman–Crippen LogP) is 3.02. The van der Waals surface area contributed by atoms with Crippen LogP contribution < -0.4 is 0 Å². The fraction of sp³-hybridized carbons (Fsp3) is 0.952.